The number of nitrogens with zero attached hydrogens (tertiary/aromatic N) is 8. The van der Waals surface area contributed by atoms with E-state index in [1.807, 2.05) is 72.9 Å². The molecule has 0 unspecified atom stereocenters. The first-order valence-corrected chi connectivity index (χ1v) is 33.8. The first kappa shape index (κ1) is 67.6. The summed E-state index contributed by atoms with van der Waals surface area (Å²) in [7, 11) is 3.33. The zero-order valence-electron chi connectivity index (χ0n) is 55.9. The van der Waals surface area contributed by atoms with Gasteiger partial charge in [0.05, 0.1) is 38.8 Å². The Kier molecular flexibility index (Phi) is 22.4. The zero-order valence-corrected chi connectivity index (χ0v) is 58.2. The van der Waals surface area contributed by atoms with E-state index in [4.69, 9.17) is 22.1 Å². The van der Waals surface area contributed by atoms with E-state index >= 15 is 0 Å². The van der Waals surface area contributed by atoms with Gasteiger partial charge in [0.2, 0.25) is 16.6 Å². The minimum atomic E-state index is -0.455. The molecule has 7 aromatic carbocycles. The monoisotopic (exact) mass is 1280 g/mol. The molecule has 16 heteroatoms. The minimum Gasteiger partial charge on any atom is -0.857 e. The molecular weight excluding hydrogens is 1200 g/mol. The Balaban J connectivity index is 0.000000203. The van der Waals surface area contributed by atoms with Gasteiger partial charge in [-0.15, -0.1) is 5.10 Å². The van der Waals surface area contributed by atoms with Crippen molar-refractivity contribution in [3.8, 4) is 56.4 Å². The maximum Gasteiger partial charge on any atom is 3.00 e. The second-order valence-electron chi connectivity index (χ2n) is 22.7. The Bertz CT molecular complexity index is 4740. The molecule has 2 aliphatic carbocycles. The van der Waals surface area contributed by atoms with Gasteiger partial charge in [-0.3, -0.25) is 0 Å². The molecule has 12 rings (SSSR count). The Labute approximate surface area is 568 Å². The molecule has 0 atom stereocenters. The van der Waals surface area contributed by atoms with E-state index in [2.05, 4.69) is 205 Å². The Morgan fingerprint density at radius 1 is 0.574 bits per heavy atom. The molecule has 0 amide bonds. The van der Waals surface area contributed by atoms with Gasteiger partial charge in [-0.2, -0.15) is 15.3 Å². The number of benzene rings is 9. The fourth-order valence-corrected chi connectivity index (χ4v) is 13.8. The third kappa shape index (κ3) is 14.0. The maximum atomic E-state index is 13.8. The van der Waals surface area contributed by atoms with Crippen molar-refractivity contribution in [2.45, 2.75) is 67.6 Å². The maximum absolute atomic E-state index is 13.8. The average molecular weight is 1280 g/mol. The van der Waals surface area contributed by atoms with Crippen LogP contribution in [0.4, 0.5) is 11.4 Å². The summed E-state index contributed by atoms with van der Waals surface area (Å²) in [6.07, 6.45) is 3.41. The zero-order chi connectivity index (χ0) is 65.1. The van der Waals surface area contributed by atoms with Crippen molar-refractivity contribution in [3.63, 3.8) is 0 Å². The van der Waals surface area contributed by atoms with E-state index in [-0.39, 0.29) is 17.4 Å². The molecule has 14 nitrogen and oxygen atoms in total. The number of hydrogen-bond donors (Lipinski definition) is 0. The van der Waals surface area contributed by atoms with Gasteiger partial charge in [-0.05, 0) is 167 Å². The van der Waals surface area contributed by atoms with Crippen molar-refractivity contribution in [3.05, 3.63) is 214 Å². The summed E-state index contributed by atoms with van der Waals surface area (Å²) in [6.45, 7) is 26.6. The van der Waals surface area contributed by atoms with E-state index in [0.29, 0.717) is 17.2 Å². The van der Waals surface area contributed by atoms with Crippen LogP contribution in [-0.4, -0.2) is 124 Å². The molecule has 0 fully saturated rings. The third-order valence-corrected chi connectivity index (χ3v) is 18.6. The van der Waals surface area contributed by atoms with E-state index < -0.39 is 21.5 Å². The molecule has 0 aromatic heterocycles. The summed E-state index contributed by atoms with van der Waals surface area (Å²) in [6, 6.07) is 57.8. The molecule has 0 bridgehead atoms. The van der Waals surface area contributed by atoms with E-state index in [0.717, 1.165) is 191 Å². The second-order valence-corrected chi connectivity index (χ2v) is 23.7. The fourth-order valence-electron chi connectivity index (χ4n) is 12.8. The summed E-state index contributed by atoms with van der Waals surface area (Å²) < 4.78 is 35.8. The van der Waals surface area contributed by atoms with Crippen molar-refractivity contribution in [1.29, 1.82) is 0 Å². The molecule has 0 saturated heterocycles. The number of aryl methyl sites for hydroxylation is 1. The van der Waals surface area contributed by atoms with Crippen molar-refractivity contribution in [2.24, 2.45) is 20.4 Å². The van der Waals surface area contributed by atoms with E-state index in [1.165, 1.54) is 0 Å². The van der Waals surface area contributed by atoms with Gasteiger partial charge in [-0.25, -0.2) is 9.15 Å². The van der Waals surface area contributed by atoms with Gasteiger partial charge in [-0.1, -0.05) is 72.8 Å². The van der Waals surface area contributed by atoms with Crippen LogP contribution in [0, 0.1) is 6.92 Å². The third-order valence-electron chi connectivity index (χ3n) is 17.7. The molecule has 3 heterocycles. The van der Waals surface area contributed by atoms with Gasteiger partial charge in [0, 0.05) is 117 Å². The summed E-state index contributed by atoms with van der Waals surface area (Å²) >= 11 is -0.455. The molecule has 5 aliphatic rings. The molecule has 7 aromatic rings. The molecule has 1 radical (unpaired) electrons. The number of ether oxygens (including phenoxy) is 2. The van der Waals surface area contributed by atoms with Crippen LogP contribution in [0.25, 0.3) is 77.6 Å². The molecular formula is C78H81Al2N8O6+4. The smallest absolute Gasteiger partial charge is 0.857 e. The normalized spacial score (nSPS) is 12.2. The van der Waals surface area contributed by atoms with Gasteiger partial charge in [0.1, 0.15) is 60.4 Å². The molecule has 0 N–H and O–H groups in total. The minimum absolute atomic E-state index is 0. The summed E-state index contributed by atoms with van der Waals surface area (Å²) in [5.74, 6) is 3.21. The van der Waals surface area contributed by atoms with E-state index in [1.54, 1.807) is 20.4 Å². The van der Waals surface area contributed by atoms with Crippen LogP contribution in [0.15, 0.2) is 199 Å². The van der Waals surface area contributed by atoms with Crippen LogP contribution in [0.5, 0.6) is 11.5 Å². The molecule has 0 saturated carbocycles. The van der Waals surface area contributed by atoms with E-state index in [9.17, 15) is 5.11 Å². The molecule has 0 spiro atoms. The topological polar surface area (TPSA) is 139 Å². The first-order chi connectivity index (χ1) is 45.5. The number of fused-ring (bicyclic) bond motifs is 6. The van der Waals surface area contributed by atoms with Gasteiger partial charge in [0.25, 0.3) is 0 Å². The van der Waals surface area contributed by atoms with Crippen molar-refractivity contribution < 1.29 is 27.2 Å². The van der Waals surface area contributed by atoms with Gasteiger partial charge < -0.3 is 37.0 Å². The van der Waals surface area contributed by atoms with Crippen LogP contribution in [0.3, 0.4) is 0 Å². The SMILES string of the molecule is CCN(CC)c1ccc2c(-c3ccccc3/C([O-])=N/N=C/c3c(OC)ccc4ccccc34)c3ccc(=[N+](CC)CC)cc-3oc2c1.CCN(CC)c1ccc2c(-c3ccccc3C3=NN=Cc4cc(C)cc(OC)c4[CH2][Al][O]3)c3ccc(=[N+](CC)CC)cc-3oc2c1.[Al+3]. The average Bonchev–Trinajstić information content (AvgIpc) is 0.756. The van der Waals surface area contributed by atoms with Crippen molar-refractivity contribution >= 4 is 101 Å². The summed E-state index contributed by atoms with van der Waals surface area (Å²) in [4.78, 5) is 4.64. The van der Waals surface area contributed by atoms with Crippen LogP contribution in [-0.2, 0) is 9.07 Å². The number of methoxy groups -OCH3 is 2. The number of anilines is 2. The van der Waals surface area contributed by atoms with Crippen molar-refractivity contribution in [2.75, 3.05) is 76.4 Å². The number of hydrogen-bond acceptors (Lipinski definition) is 12. The number of rotatable bonds is 18. The first-order valence-electron chi connectivity index (χ1n) is 32.5. The second kappa shape index (κ2) is 31.1. The molecule has 94 heavy (non-hydrogen) atoms. The molecule has 3 aliphatic heterocycles. The quantitative estimate of drug-likeness (QED) is 0.0207. The Morgan fingerprint density at radius 3 is 1.69 bits per heavy atom. The van der Waals surface area contributed by atoms with Gasteiger partial charge in [0.15, 0.2) is 0 Å². The Hall–Kier alpha value is -9.28. The standard InChI is InChI=1S/C40H40N4O3.C38H41N4O3.2Al/c1-6-43(7-2)28-19-21-33-37(24-28)47-38-25-29(44(8-3)9-4)20-22-34(38)39(33)31-16-12-13-17-32(31)40(45)42-41-26-35-30-15-11-10-14-27(30)18-23-36(35)46-5;1-8-41(9-2)28-16-18-32-35(22-28)45-36-23-29(42(10-3)11-4)17-19-33(36)37(32)30-14-12-13-15-31(30)38(43)40-39-24-27-20-25(5)21-34(44-7)26(27)6;;/h10-26H,6-9H2,1-5H3;12-24H,6,8-11H2,1-5,7H3;;/q;;+1;+3. The molecule has 471 valence electrons. The fraction of sp³-hybridized carbons (Fsp3) is 0.256. The largest absolute Gasteiger partial charge is 3.00 e. The predicted octanol–water partition coefficient (Wildman–Crippen LogP) is 13.9. The Morgan fingerprint density at radius 2 is 1.12 bits per heavy atom. The predicted molar refractivity (Wildman–Crippen MR) is 389 cm³/mol. The van der Waals surface area contributed by atoms with Crippen LogP contribution in [0.1, 0.15) is 88.8 Å². The van der Waals surface area contributed by atoms with Crippen LogP contribution >= 0.6 is 0 Å². The summed E-state index contributed by atoms with van der Waals surface area (Å²) in [5.41, 5.74) is 15.0. The van der Waals surface area contributed by atoms with Crippen LogP contribution in [0.2, 0.25) is 0 Å². The summed E-state index contributed by atoms with van der Waals surface area (Å²) in [5, 5.41) is 38.4. The van der Waals surface area contributed by atoms with Crippen LogP contribution < -0.4 is 44.2 Å². The van der Waals surface area contributed by atoms with Crippen molar-refractivity contribution in [1.82, 2.24) is 9.15 Å². The van der Waals surface area contributed by atoms with Gasteiger partial charge >= 0.3 is 32.9 Å².